The molecule has 3 aromatic rings. The van der Waals surface area contributed by atoms with Crippen molar-refractivity contribution in [1.29, 1.82) is 0 Å². The van der Waals surface area contributed by atoms with E-state index in [1.165, 1.54) is 29.0 Å². The molecule has 4 rings (SSSR count). The first-order chi connectivity index (χ1) is 15.1. The maximum absolute atomic E-state index is 12.8. The molecule has 1 aromatic heterocycles. The summed E-state index contributed by atoms with van der Waals surface area (Å²) in [6, 6.07) is 13.2. The van der Waals surface area contributed by atoms with Crippen molar-refractivity contribution < 1.29 is 18.0 Å². The molecule has 1 aliphatic carbocycles. The number of anilines is 1. The lowest BCUT2D eigenvalue weighted by molar-refractivity contribution is -0.137. The number of nitrogens with one attached hydrogen (secondary N) is 1. The fraction of sp³-hybridized carbons (Fsp3) is 0.333. The first-order valence-corrected chi connectivity index (χ1v) is 11.1. The zero-order chi connectivity index (χ0) is 23.0. The number of amides is 1. The summed E-state index contributed by atoms with van der Waals surface area (Å²) in [5.41, 5.74) is 3.01. The monoisotopic (exact) mass is 459 g/mol. The Hall–Kier alpha value is -2.87. The number of hydrogen-bond donors (Lipinski definition) is 1. The molecule has 0 radical (unpaired) electrons. The quantitative estimate of drug-likeness (QED) is 0.496. The number of hydrogen-bond acceptors (Lipinski definition) is 4. The van der Waals surface area contributed by atoms with Gasteiger partial charge in [0.15, 0.2) is 0 Å². The van der Waals surface area contributed by atoms with E-state index in [0.717, 1.165) is 34.8 Å². The predicted molar refractivity (Wildman–Crippen MR) is 121 cm³/mol. The Balaban J connectivity index is 1.38. The van der Waals surface area contributed by atoms with E-state index in [1.807, 2.05) is 19.1 Å². The number of aryl methyl sites for hydroxylation is 1. The van der Waals surface area contributed by atoms with Crippen LogP contribution in [0.25, 0.3) is 10.6 Å². The lowest BCUT2D eigenvalue weighted by Crippen LogP contribution is -2.23. The van der Waals surface area contributed by atoms with Crippen LogP contribution in [-0.2, 0) is 17.5 Å². The highest BCUT2D eigenvalue weighted by Gasteiger charge is 2.44. The predicted octanol–water partition coefficient (Wildman–Crippen LogP) is 5.94. The Labute approximate surface area is 189 Å². The molecule has 2 atom stereocenters. The molecule has 1 amide bonds. The van der Waals surface area contributed by atoms with Crippen LogP contribution in [0.2, 0.25) is 0 Å². The van der Waals surface area contributed by atoms with Gasteiger partial charge in [0.25, 0.3) is 0 Å². The number of alkyl halides is 3. The molecule has 0 spiro atoms. The Morgan fingerprint density at radius 1 is 1.12 bits per heavy atom. The number of benzene rings is 2. The average Bonchev–Trinajstić information content (AvgIpc) is 3.47. The molecule has 0 aliphatic heterocycles. The summed E-state index contributed by atoms with van der Waals surface area (Å²) in [4.78, 5) is 19.3. The van der Waals surface area contributed by atoms with E-state index in [4.69, 9.17) is 0 Å². The topological polar surface area (TPSA) is 45.2 Å². The van der Waals surface area contributed by atoms with Crippen molar-refractivity contribution in [2.75, 3.05) is 19.4 Å². The Bertz CT molecular complexity index is 1110. The molecule has 0 bridgehead atoms. The highest BCUT2D eigenvalue weighted by Crippen LogP contribution is 2.48. The van der Waals surface area contributed by atoms with Crippen molar-refractivity contribution in [2.24, 2.45) is 5.92 Å². The van der Waals surface area contributed by atoms with Gasteiger partial charge in [-0.25, -0.2) is 4.98 Å². The lowest BCUT2D eigenvalue weighted by atomic mass is 10.1. The molecular formula is C24H24F3N3OS. The lowest BCUT2D eigenvalue weighted by Gasteiger charge is -2.10. The fourth-order valence-electron chi connectivity index (χ4n) is 3.72. The van der Waals surface area contributed by atoms with Gasteiger partial charge in [-0.05, 0) is 49.1 Å². The van der Waals surface area contributed by atoms with Gasteiger partial charge in [-0.2, -0.15) is 13.2 Å². The van der Waals surface area contributed by atoms with E-state index >= 15 is 0 Å². The SMILES string of the molecule is Cc1nc(-c2ccc(C(F)(F)F)cc2)sc1CNc1ccc(C2CC2C(=O)N(C)C)cc1. The van der Waals surface area contributed by atoms with Crippen LogP contribution in [0.1, 0.15) is 34.0 Å². The third kappa shape index (κ3) is 4.80. The van der Waals surface area contributed by atoms with Gasteiger partial charge >= 0.3 is 6.18 Å². The molecule has 1 fully saturated rings. The summed E-state index contributed by atoms with van der Waals surface area (Å²) in [7, 11) is 3.57. The standard InChI is InChI=1S/C24H24F3N3OS/c1-14-21(32-22(29-14)16-4-8-17(9-5-16)24(25,26)27)13-28-18-10-6-15(7-11-18)19-12-20(19)23(31)30(2)3/h4-11,19-20,28H,12-13H2,1-3H3. The fourth-order valence-corrected chi connectivity index (χ4v) is 4.72. The number of aromatic nitrogens is 1. The van der Waals surface area contributed by atoms with Gasteiger partial charge in [0, 0.05) is 36.1 Å². The number of rotatable bonds is 6. The van der Waals surface area contributed by atoms with Crippen LogP contribution in [0.5, 0.6) is 0 Å². The summed E-state index contributed by atoms with van der Waals surface area (Å²) < 4.78 is 38.3. The van der Waals surface area contributed by atoms with Crippen molar-refractivity contribution in [1.82, 2.24) is 9.88 Å². The van der Waals surface area contributed by atoms with Crippen LogP contribution in [0, 0.1) is 12.8 Å². The first-order valence-electron chi connectivity index (χ1n) is 10.3. The van der Waals surface area contributed by atoms with Gasteiger partial charge < -0.3 is 10.2 Å². The van der Waals surface area contributed by atoms with Crippen LogP contribution in [0.15, 0.2) is 48.5 Å². The maximum Gasteiger partial charge on any atom is 0.416 e. The molecule has 4 nitrogen and oxygen atoms in total. The molecule has 2 unspecified atom stereocenters. The van der Waals surface area contributed by atoms with E-state index in [0.29, 0.717) is 23.0 Å². The van der Waals surface area contributed by atoms with Crippen molar-refractivity contribution >= 4 is 22.9 Å². The third-order valence-corrected chi connectivity index (χ3v) is 6.90. The number of thiazole rings is 1. The Morgan fingerprint density at radius 2 is 1.78 bits per heavy atom. The highest BCUT2D eigenvalue weighted by atomic mass is 32.1. The number of carbonyl (C=O) groups excluding carboxylic acids is 1. The smallest absolute Gasteiger partial charge is 0.380 e. The molecule has 168 valence electrons. The molecule has 1 N–H and O–H groups in total. The maximum atomic E-state index is 12.8. The average molecular weight is 460 g/mol. The van der Waals surface area contributed by atoms with Gasteiger partial charge in [0.05, 0.1) is 17.8 Å². The Kier molecular flexibility index (Phi) is 5.99. The van der Waals surface area contributed by atoms with Gasteiger partial charge in [-0.1, -0.05) is 24.3 Å². The van der Waals surface area contributed by atoms with Crippen LogP contribution < -0.4 is 5.32 Å². The van der Waals surface area contributed by atoms with Gasteiger partial charge in [0.1, 0.15) is 5.01 Å². The van der Waals surface area contributed by atoms with Crippen molar-refractivity contribution in [3.05, 3.63) is 70.2 Å². The second-order valence-electron chi connectivity index (χ2n) is 8.26. The van der Waals surface area contributed by atoms with Crippen LogP contribution >= 0.6 is 11.3 Å². The zero-order valence-corrected chi connectivity index (χ0v) is 18.8. The largest absolute Gasteiger partial charge is 0.416 e. The molecule has 1 saturated carbocycles. The molecule has 8 heteroatoms. The summed E-state index contributed by atoms with van der Waals surface area (Å²) >= 11 is 1.47. The number of nitrogens with zero attached hydrogens (tertiary/aromatic N) is 2. The minimum atomic E-state index is -4.34. The minimum Gasteiger partial charge on any atom is -0.380 e. The highest BCUT2D eigenvalue weighted by molar-refractivity contribution is 7.15. The molecule has 0 saturated heterocycles. The van der Waals surface area contributed by atoms with Gasteiger partial charge in [-0.3, -0.25) is 4.79 Å². The molecular weight excluding hydrogens is 435 g/mol. The second kappa shape index (κ2) is 8.58. The third-order valence-electron chi connectivity index (χ3n) is 5.69. The van der Waals surface area contributed by atoms with E-state index in [1.54, 1.807) is 19.0 Å². The molecule has 1 aliphatic rings. The van der Waals surface area contributed by atoms with Crippen molar-refractivity contribution in [2.45, 2.75) is 32.0 Å². The van der Waals surface area contributed by atoms with E-state index < -0.39 is 11.7 Å². The summed E-state index contributed by atoms with van der Waals surface area (Å²) in [5, 5.41) is 4.08. The number of carbonyl (C=O) groups is 1. The summed E-state index contributed by atoms with van der Waals surface area (Å²) in [6.45, 7) is 2.48. The summed E-state index contributed by atoms with van der Waals surface area (Å²) in [6.07, 6.45) is -3.44. The normalized spacial score (nSPS) is 17.8. The molecule has 1 heterocycles. The Morgan fingerprint density at radius 3 is 2.38 bits per heavy atom. The van der Waals surface area contributed by atoms with Crippen LogP contribution in [0.4, 0.5) is 18.9 Å². The van der Waals surface area contributed by atoms with Crippen molar-refractivity contribution in [3.63, 3.8) is 0 Å². The second-order valence-corrected chi connectivity index (χ2v) is 9.34. The van der Waals surface area contributed by atoms with Crippen LogP contribution in [0.3, 0.4) is 0 Å². The number of halogens is 3. The molecule has 32 heavy (non-hydrogen) atoms. The van der Waals surface area contributed by atoms with Crippen LogP contribution in [-0.4, -0.2) is 29.9 Å². The zero-order valence-electron chi connectivity index (χ0n) is 18.0. The van der Waals surface area contributed by atoms with E-state index in [2.05, 4.69) is 22.4 Å². The molecule has 2 aromatic carbocycles. The van der Waals surface area contributed by atoms with Crippen molar-refractivity contribution in [3.8, 4) is 10.6 Å². The van der Waals surface area contributed by atoms with Gasteiger partial charge in [0.2, 0.25) is 5.91 Å². The minimum absolute atomic E-state index is 0.0901. The van der Waals surface area contributed by atoms with E-state index in [9.17, 15) is 18.0 Å². The van der Waals surface area contributed by atoms with Gasteiger partial charge in [-0.15, -0.1) is 11.3 Å². The first kappa shape index (κ1) is 22.3. The van der Waals surface area contributed by atoms with E-state index in [-0.39, 0.29) is 11.8 Å². The summed E-state index contributed by atoms with van der Waals surface area (Å²) in [5.74, 6) is 0.572.